The molecule has 1 atom stereocenters. The van der Waals surface area contributed by atoms with E-state index in [-0.39, 0.29) is 16.9 Å². The second-order valence-corrected chi connectivity index (χ2v) is 7.26. The highest BCUT2D eigenvalue weighted by molar-refractivity contribution is 7.89. The Kier molecular flexibility index (Phi) is 5.55. The summed E-state index contributed by atoms with van der Waals surface area (Å²) in [6, 6.07) is 6.62. The second kappa shape index (κ2) is 7.21. The van der Waals surface area contributed by atoms with E-state index in [4.69, 9.17) is 4.74 Å². The van der Waals surface area contributed by atoms with E-state index in [9.17, 15) is 13.2 Å². The number of nitrogens with one attached hydrogen (secondary N) is 1. The molecule has 122 valence electrons. The van der Waals surface area contributed by atoms with Crippen molar-refractivity contribution in [2.75, 3.05) is 19.7 Å². The molecule has 0 saturated carbocycles. The topological polar surface area (TPSA) is 75.7 Å². The Morgan fingerprint density at radius 2 is 2.05 bits per heavy atom. The van der Waals surface area contributed by atoms with Crippen molar-refractivity contribution in [1.29, 1.82) is 0 Å². The van der Waals surface area contributed by atoms with E-state index in [1.165, 1.54) is 11.2 Å². The number of morpholine rings is 1. The van der Waals surface area contributed by atoms with Crippen molar-refractivity contribution in [3.8, 4) is 0 Å². The SMILES string of the molecule is CCC1CN(S(=O)(=O)c2ccc(CNC(C)=O)cc2)CCO1. The average Bonchev–Trinajstić information content (AvgIpc) is 2.53. The molecular weight excluding hydrogens is 304 g/mol. The first-order chi connectivity index (χ1) is 10.4. The Morgan fingerprint density at radius 3 is 2.64 bits per heavy atom. The van der Waals surface area contributed by atoms with Gasteiger partial charge in [-0.1, -0.05) is 19.1 Å². The number of hydrogen-bond acceptors (Lipinski definition) is 4. The molecule has 1 aliphatic rings. The summed E-state index contributed by atoms with van der Waals surface area (Å²) in [5.41, 5.74) is 0.863. The molecule has 22 heavy (non-hydrogen) atoms. The molecule has 0 spiro atoms. The van der Waals surface area contributed by atoms with E-state index in [0.29, 0.717) is 26.2 Å². The normalized spacial score (nSPS) is 19.8. The Hall–Kier alpha value is -1.44. The van der Waals surface area contributed by atoms with Gasteiger partial charge in [-0.05, 0) is 24.1 Å². The highest BCUT2D eigenvalue weighted by Gasteiger charge is 2.29. The number of sulfonamides is 1. The largest absolute Gasteiger partial charge is 0.375 e. The van der Waals surface area contributed by atoms with Crippen molar-refractivity contribution in [1.82, 2.24) is 9.62 Å². The van der Waals surface area contributed by atoms with Crippen molar-refractivity contribution < 1.29 is 17.9 Å². The van der Waals surface area contributed by atoms with Gasteiger partial charge in [-0.15, -0.1) is 0 Å². The maximum Gasteiger partial charge on any atom is 0.243 e. The minimum atomic E-state index is -3.49. The van der Waals surface area contributed by atoms with E-state index in [0.717, 1.165) is 12.0 Å². The molecule has 2 rings (SSSR count). The van der Waals surface area contributed by atoms with Crippen LogP contribution in [0.3, 0.4) is 0 Å². The van der Waals surface area contributed by atoms with E-state index >= 15 is 0 Å². The van der Waals surface area contributed by atoms with Crippen molar-refractivity contribution in [2.45, 2.75) is 37.8 Å². The summed E-state index contributed by atoms with van der Waals surface area (Å²) in [6.07, 6.45) is 0.754. The molecule has 7 heteroatoms. The predicted octanol–water partition coefficient (Wildman–Crippen LogP) is 1.12. The number of amides is 1. The molecule has 1 aromatic rings. The van der Waals surface area contributed by atoms with Crippen molar-refractivity contribution >= 4 is 15.9 Å². The van der Waals surface area contributed by atoms with Crippen LogP contribution >= 0.6 is 0 Å². The molecule has 6 nitrogen and oxygen atoms in total. The van der Waals surface area contributed by atoms with Gasteiger partial charge in [0.25, 0.3) is 0 Å². The maximum atomic E-state index is 12.6. The van der Waals surface area contributed by atoms with E-state index in [1.54, 1.807) is 24.3 Å². The van der Waals surface area contributed by atoms with Gasteiger partial charge in [0.1, 0.15) is 0 Å². The number of ether oxygens (including phenoxy) is 1. The molecule has 0 radical (unpaired) electrons. The van der Waals surface area contributed by atoms with Crippen molar-refractivity contribution in [2.24, 2.45) is 0 Å². The van der Waals surface area contributed by atoms with Crippen LogP contribution in [0.4, 0.5) is 0 Å². The maximum absolute atomic E-state index is 12.6. The summed E-state index contributed by atoms with van der Waals surface area (Å²) in [6.45, 7) is 5.03. The van der Waals surface area contributed by atoms with Gasteiger partial charge in [0.05, 0.1) is 17.6 Å². The van der Waals surface area contributed by atoms with E-state index < -0.39 is 10.0 Å². The fourth-order valence-electron chi connectivity index (χ4n) is 2.31. The van der Waals surface area contributed by atoms with Gasteiger partial charge >= 0.3 is 0 Å². The molecule has 0 aromatic heterocycles. The second-order valence-electron chi connectivity index (χ2n) is 5.32. The zero-order chi connectivity index (χ0) is 16.2. The lowest BCUT2D eigenvalue weighted by Gasteiger charge is -2.31. The summed E-state index contributed by atoms with van der Waals surface area (Å²) in [4.78, 5) is 11.2. The molecule has 1 aliphatic heterocycles. The highest BCUT2D eigenvalue weighted by Crippen LogP contribution is 2.20. The molecule has 1 heterocycles. The fourth-order valence-corrected chi connectivity index (χ4v) is 3.77. The quantitative estimate of drug-likeness (QED) is 0.880. The van der Waals surface area contributed by atoms with Crippen LogP contribution in [0.1, 0.15) is 25.8 Å². The summed E-state index contributed by atoms with van der Waals surface area (Å²) >= 11 is 0. The van der Waals surface area contributed by atoms with Crippen LogP contribution in [0.2, 0.25) is 0 Å². The fraction of sp³-hybridized carbons (Fsp3) is 0.533. The van der Waals surface area contributed by atoms with Crippen LogP contribution < -0.4 is 5.32 Å². The third kappa shape index (κ3) is 4.06. The van der Waals surface area contributed by atoms with Crippen LogP contribution in [0.5, 0.6) is 0 Å². The lowest BCUT2D eigenvalue weighted by Crippen LogP contribution is -2.45. The summed E-state index contributed by atoms with van der Waals surface area (Å²) in [5, 5.41) is 2.68. The molecule has 1 unspecified atom stereocenters. The smallest absolute Gasteiger partial charge is 0.243 e. The lowest BCUT2D eigenvalue weighted by molar-refractivity contribution is -0.119. The first kappa shape index (κ1) is 16.9. The van der Waals surface area contributed by atoms with Gasteiger partial charge < -0.3 is 10.1 Å². The number of carbonyl (C=O) groups is 1. The highest BCUT2D eigenvalue weighted by atomic mass is 32.2. The molecule has 0 bridgehead atoms. The van der Waals surface area contributed by atoms with Crippen molar-refractivity contribution in [3.05, 3.63) is 29.8 Å². The number of benzene rings is 1. The molecule has 1 amide bonds. The van der Waals surface area contributed by atoms with Gasteiger partial charge in [0.15, 0.2) is 0 Å². The first-order valence-corrected chi connectivity index (χ1v) is 8.82. The Morgan fingerprint density at radius 1 is 1.36 bits per heavy atom. The predicted molar refractivity (Wildman–Crippen MR) is 82.8 cm³/mol. The van der Waals surface area contributed by atoms with Crippen LogP contribution in [-0.2, 0) is 26.1 Å². The molecular formula is C15H22N2O4S. The molecule has 0 aliphatic carbocycles. The Balaban J connectivity index is 2.10. The average molecular weight is 326 g/mol. The third-order valence-corrected chi connectivity index (χ3v) is 5.54. The summed E-state index contributed by atoms with van der Waals surface area (Å²) < 4.78 is 32.2. The minimum Gasteiger partial charge on any atom is -0.375 e. The van der Waals surface area contributed by atoms with E-state index in [1.807, 2.05) is 6.92 Å². The number of nitrogens with zero attached hydrogens (tertiary/aromatic N) is 1. The van der Waals surface area contributed by atoms with Gasteiger partial charge in [-0.2, -0.15) is 4.31 Å². The zero-order valence-corrected chi connectivity index (χ0v) is 13.7. The van der Waals surface area contributed by atoms with Crippen molar-refractivity contribution in [3.63, 3.8) is 0 Å². The minimum absolute atomic E-state index is 0.0393. The molecule has 1 N–H and O–H groups in total. The molecule has 1 fully saturated rings. The zero-order valence-electron chi connectivity index (χ0n) is 12.9. The standard InChI is InChI=1S/C15H22N2O4S/c1-3-14-11-17(8-9-21-14)22(19,20)15-6-4-13(5-7-15)10-16-12(2)18/h4-7,14H,3,8-11H2,1-2H3,(H,16,18). The number of rotatable bonds is 5. The molecule has 1 aromatic carbocycles. The van der Waals surface area contributed by atoms with Gasteiger partial charge in [-0.3, -0.25) is 4.79 Å². The third-order valence-electron chi connectivity index (χ3n) is 3.66. The first-order valence-electron chi connectivity index (χ1n) is 7.38. The van der Waals surface area contributed by atoms with E-state index in [2.05, 4.69) is 5.32 Å². The molecule has 1 saturated heterocycles. The van der Waals surface area contributed by atoms with Gasteiger partial charge in [0, 0.05) is 26.6 Å². The Bertz CT molecular complexity index is 613. The van der Waals surface area contributed by atoms with Gasteiger partial charge in [0.2, 0.25) is 15.9 Å². The van der Waals surface area contributed by atoms with Crippen LogP contribution in [-0.4, -0.2) is 44.4 Å². The van der Waals surface area contributed by atoms with Crippen LogP contribution in [0.25, 0.3) is 0 Å². The van der Waals surface area contributed by atoms with Gasteiger partial charge in [-0.25, -0.2) is 8.42 Å². The van der Waals surface area contributed by atoms with Crippen LogP contribution in [0, 0.1) is 0 Å². The summed E-state index contributed by atoms with van der Waals surface area (Å²) in [5.74, 6) is -0.115. The van der Waals surface area contributed by atoms with Crippen LogP contribution in [0.15, 0.2) is 29.2 Å². The number of hydrogen-bond donors (Lipinski definition) is 1. The lowest BCUT2D eigenvalue weighted by atomic mass is 10.2. The summed E-state index contributed by atoms with van der Waals surface area (Å²) in [7, 11) is -3.49. The monoisotopic (exact) mass is 326 g/mol. The Labute approximate surface area is 131 Å². The number of carbonyl (C=O) groups excluding carboxylic acids is 1.